The van der Waals surface area contributed by atoms with Crippen molar-refractivity contribution in [3.63, 3.8) is 0 Å². The molecular weight excluding hydrogens is 290 g/mol. The summed E-state index contributed by atoms with van der Waals surface area (Å²) in [6, 6.07) is 7.20. The van der Waals surface area contributed by atoms with Crippen LogP contribution in [0.25, 0.3) is 0 Å². The van der Waals surface area contributed by atoms with E-state index in [1.165, 1.54) is 6.42 Å². The van der Waals surface area contributed by atoms with Crippen LogP contribution >= 0.6 is 11.6 Å². The van der Waals surface area contributed by atoms with Gasteiger partial charge in [0.15, 0.2) is 6.61 Å². The number of para-hydroxylation sites is 1. The zero-order valence-corrected chi connectivity index (χ0v) is 12.8. The largest absolute Gasteiger partial charge is 0.482 e. The number of hydrogen-bond donors (Lipinski definition) is 0. The van der Waals surface area contributed by atoms with Gasteiger partial charge in [0.1, 0.15) is 11.5 Å². The predicted molar refractivity (Wildman–Crippen MR) is 80.4 cm³/mol. The summed E-state index contributed by atoms with van der Waals surface area (Å²) in [5.41, 5.74) is -0.376. The molecule has 114 valence electrons. The van der Waals surface area contributed by atoms with E-state index in [0.29, 0.717) is 23.9 Å². The lowest BCUT2D eigenvalue weighted by molar-refractivity contribution is -0.157. The van der Waals surface area contributed by atoms with Gasteiger partial charge in [-0.25, -0.2) is 0 Å². The number of hydrogen-bond acceptors (Lipinski definition) is 3. The minimum atomic E-state index is -0.376. The molecule has 0 atom stereocenters. The van der Waals surface area contributed by atoms with E-state index < -0.39 is 0 Å². The summed E-state index contributed by atoms with van der Waals surface area (Å²) < 4.78 is 11.5. The second kappa shape index (κ2) is 6.24. The number of amides is 1. The molecule has 0 N–H and O–H groups in total. The SMILES string of the molecule is O=C(COc1ccccc1Cl)N1CCOC12CCCCC2. The summed E-state index contributed by atoms with van der Waals surface area (Å²) in [4.78, 5) is 14.3. The Bertz CT molecular complexity index is 514. The molecular formula is C16H20ClNO3. The van der Waals surface area contributed by atoms with Gasteiger partial charge in [0, 0.05) is 6.54 Å². The maximum absolute atomic E-state index is 12.5. The first kappa shape index (κ1) is 14.7. The molecule has 2 aliphatic rings. The third-order valence-electron chi connectivity index (χ3n) is 4.30. The average Bonchev–Trinajstić information content (AvgIpc) is 2.90. The average molecular weight is 310 g/mol. The lowest BCUT2D eigenvalue weighted by Crippen LogP contribution is -2.50. The van der Waals surface area contributed by atoms with E-state index in [9.17, 15) is 4.79 Å². The molecule has 1 aromatic rings. The maximum Gasteiger partial charge on any atom is 0.262 e. The monoisotopic (exact) mass is 309 g/mol. The van der Waals surface area contributed by atoms with Crippen molar-refractivity contribution in [3.8, 4) is 5.75 Å². The van der Waals surface area contributed by atoms with Crippen LogP contribution in [-0.4, -0.2) is 36.3 Å². The molecule has 1 heterocycles. The summed E-state index contributed by atoms with van der Waals surface area (Å²) in [6.07, 6.45) is 5.34. The van der Waals surface area contributed by atoms with Gasteiger partial charge in [-0.15, -0.1) is 0 Å². The smallest absolute Gasteiger partial charge is 0.262 e. The van der Waals surface area contributed by atoms with Gasteiger partial charge >= 0.3 is 0 Å². The van der Waals surface area contributed by atoms with Gasteiger partial charge in [0.2, 0.25) is 0 Å². The van der Waals surface area contributed by atoms with Crippen LogP contribution in [0.15, 0.2) is 24.3 Å². The van der Waals surface area contributed by atoms with Crippen LogP contribution in [0.1, 0.15) is 32.1 Å². The number of carbonyl (C=O) groups is 1. The standard InChI is InChI=1S/C16H20ClNO3/c17-13-6-2-3-7-14(13)20-12-15(19)18-10-11-21-16(18)8-4-1-5-9-16/h2-3,6-7H,1,4-5,8-12H2. The normalized spacial score (nSPS) is 20.7. The fraction of sp³-hybridized carbons (Fsp3) is 0.562. The molecule has 2 fully saturated rings. The second-order valence-corrected chi connectivity index (χ2v) is 6.03. The molecule has 4 nitrogen and oxygen atoms in total. The Balaban J connectivity index is 1.63. The molecule has 1 saturated heterocycles. The minimum absolute atomic E-state index is 0.00877. The van der Waals surface area contributed by atoms with Gasteiger partial charge in [-0.3, -0.25) is 4.79 Å². The summed E-state index contributed by atoms with van der Waals surface area (Å²) in [6.45, 7) is 1.29. The Morgan fingerprint density at radius 1 is 1.29 bits per heavy atom. The van der Waals surface area contributed by atoms with Crippen LogP contribution in [0.2, 0.25) is 5.02 Å². The number of halogens is 1. The molecule has 1 saturated carbocycles. The zero-order valence-electron chi connectivity index (χ0n) is 12.0. The van der Waals surface area contributed by atoms with E-state index in [-0.39, 0.29) is 18.2 Å². The van der Waals surface area contributed by atoms with Crippen molar-refractivity contribution in [2.75, 3.05) is 19.8 Å². The van der Waals surface area contributed by atoms with Crippen molar-refractivity contribution in [2.24, 2.45) is 0 Å². The number of rotatable bonds is 3. The fourth-order valence-corrected chi connectivity index (χ4v) is 3.45. The third kappa shape index (κ3) is 3.01. The lowest BCUT2D eigenvalue weighted by atomic mass is 9.90. The third-order valence-corrected chi connectivity index (χ3v) is 4.61. The fourth-order valence-electron chi connectivity index (χ4n) is 3.26. The number of nitrogens with zero attached hydrogens (tertiary/aromatic N) is 1. The highest BCUT2D eigenvalue weighted by Crippen LogP contribution is 2.38. The first-order valence-corrected chi connectivity index (χ1v) is 7.91. The first-order chi connectivity index (χ1) is 10.2. The van der Waals surface area contributed by atoms with Gasteiger partial charge < -0.3 is 14.4 Å². The molecule has 0 radical (unpaired) electrons. The highest BCUT2D eigenvalue weighted by molar-refractivity contribution is 6.32. The Hall–Kier alpha value is -1.26. The van der Waals surface area contributed by atoms with Crippen molar-refractivity contribution >= 4 is 17.5 Å². The molecule has 0 unspecified atom stereocenters. The van der Waals surface area contributed by atoms with Crippen molar-refractivity contribution in [3.05, 3.63) is 29.3 Å². The molecule has 1 aromatic carbocycles. The Labute approximate surface area is 130 Å². The quantitative estimate of drug-likeness (QED) is 0.860. The number of carbonyl (C=O) groups excluding carboxylic acids is 1. The van der Waals surface area contributed by atoms with Crippen LogP contribution in [0.4, 0.5) is 0 Å². The van der Waals surface area contributed by atoms with Crippen molar-refractivity contribution < 1.29 is 14.3 Å². The molecule has 3 rings (SSSR count). The topological polar surface area (TPSA) is 38.8 Å². The van der Waals surface area contributed by atoms with E-state index in [1.807, 2.05) is 17.0 Å². The molecule has 21 heavy (non-hydrogen) atoms. The van der Waals surface area contributed by atoms with Crippen molar-refractivity contribution in [1.29, 1.82) is 0 Å². The summed E-state index contributed by atoms with van der Waals surface area (Å²) in [7, 11) is 0. The summed E-state index contributed by atoms with van der Waals surface area (Å²) in [5.74, 6) is 0.527. The van der Waals surface area contributed by atoms with Crippen LogP contribution in [0.3, 0.4) is 0 Å². The zero-order chi connectivity index (χ0) is 14.7. The van der Waals surface area contributed by atoms with Crippen molar-refractivity contribution in [1.82, 2.24) is 4.90 Å². The predicted octanol–water partition coefficient (Wildman–Crippen LogP) is 3.24. The molecule has 5 heteroatoms. The van der Waals surface area contributed by atoms with E-state index in [0.717, 1.165) is 25.7 Å². The Morgan fingerprint density at radius 3 is 2.81 bits per heavy atom. The van der Waals surface area contributed by atoms with Gasteiger partial charge in [0.05, 0.1) is 11.6 Å². The molecule has 0 aromatic heterocycles. The van der Waals surface area contributed by atoms with Crippen LogP contribution in [-0.2, 0) is 9.53 Å². The van der Waals surface area contributed by atoms with E-state index in [4.69, 9.17) is 21.1 Å². The summed E-state index contributed by atoms with van der Waals surface area (Å²) in [5, 5.41) is 0.523. The van der Waals surface area contributed by atoms with E-state index in [1.54, 1.807) is 12.1 Å². The van der Waals surface area contributed by atoms with Gasteiger partial charge in [-0.1, -0.05) is 30.2 Å². The Morgan fingerprint density at radius 2 is 2.05 bits per heavy atom. The van der Waals surface area contributed by atoms with Crippen LogP contribution in [0.5, 0.6) is 5.75 Å². The molecule has 1 aliphatic heterocycles. The van der Waals surface area contributed by atoms with Crippen molar-refractivity contribution in [2.45, 2.75) is 37.8 Å². The molecule has 0 bridgehead atoms. The van der Waals surface area contributed by atoms with Crippen LogP contribution in [0, 0.1) is 0 Å². The van der Waals surface area contributed by atoms with E-state index >= 15 is 0 Å². The number of benzene rings is 1. The molecule has 1 aliphatic carbocycles. The maximum atomic E-state index is 12.5. The highest BCUT2D eigenvalue weighted by Gasteiger charge is 2.45. The van der Waals surface area contributed by atoms with E-state index in [2.05, 4.69) is 0 Å². The summed E-state index contributed by atoms with van der Waals surface area (Å²) >= 11 is 6.03. The second-order valence-electron chi connectivity index (χ2n) is 5.62. The van der Waals surface area contributed by atoms with Gasteiger partial charge in [-0.2, -0.15) is 0 Å². The van der Waals surface area contributed by atoms with Crippen LogP contribution < -0.4 is 4.74 Å². The van der Waals surface area contributed by atoms with Gasteiger partial charge in [-0.05, 0) is 37.8 Å². The molecule has 1 spiro atoms. The first-order valence-electron chi connectivity index (χ1n) is 7.53. The van der Waals surface area contributed by atoms with Gasteiger partial charge in [0.25, 0.3) is 5.91 Å². The molecule has 1 amide bonds. The Kier molecular flexibility index (Phi) is 4.36. The number of ether oxygens (including phenoxy) is 2. The minimum Gasteiger partial charge on any atom is -0.482 e. The lowest BCUT2D eigenvalue weighted by Gasteiger charge is -2.39. The highest BCUT2D eigenvalue weighted by atomic mass is 35.5.